The van der Waals surface area contributed by atoms with Gasteiger partial charge < -0.3 is 10.6 Å². The Kier molecular flexibility index (Phi) is 4.91. The maximum Gasteiger partial charge on any atom is 0.127 e. The van der Waals surface area contributed by atoms with Crippen LogP contribution in [0.15, 0.2) is 24.3 Å². The third-order valence-corrected chi connectivity index (χ3v) is 3.09. The van der Waals surface area contributed by atoms with Crippen LogP contribution in [0.25, 0.3) is 0 Å². The van der Waals surface area contributed by atoms with Crippen LogP contribution in [0.4, 0.5) is 4.39 Å². The van der Waals surface area contributed by atoms with Crippen molar-refractivity contribution in [1.29, 1.82) is 0 Å². The van der Waals surface area contributed by atoms with E-state index >= 15 is 0 Å². The Hall–Kier alpha value is -0.970. The van der Waals surface area contributed by atoms with Gasteiger partial charge in [-0.2, -0.15) is 0 Å². The molecule has 94 valence electrons. The second-order valence-corrected chi connectivity index (χ2v) is 4.36. The molecule has 0 saturated carbocycles. The number of nitrogens with one attached hydrogen (secondary N) is 2. The highest BCUT2D eigenvalue weighted by Gasteiger charge is 2.08. The standard InChI is InChI=1S/C13H20FN3/c14-13-4-2-1-3-12(13)11-16-7-10-17-8-5-15-6-9-17/h1-4,15-16H,5-11H2. The Bertz CT molecular complexity index is 337. The van der Waals surface area contributed by atoms with Gasteiger partial charge in [-0.3, -0.25) is 4.90 Å². The van der Waals surface area contributed by atoms with Gasteiger partial charge in [-0.1, -0.05) is 18.2 Å². The van der Waals surface area contributed by atoms with Gasteiger partial charge in [-0.25, -0.2) is 4.39 Å². The molecular formula is C13H20FN3. The normalized spacial score (nSPS) is 17.2. The predicted octanol–water partition coefficient (Wildman–Crippen LogP) is 0.821. The van der Waals surface area contributed by atoms with Crippen LogP contribution in [-0.2, 0) is 6.54 Å². The lowest BCUT2D eigenvalue weighted by Gasteiger charge is -2.27. The fraction of sp³-hybridized carbons (Fsp3) is 0.538. The Labute approximate surface area is 102 Å². The molecule has 4 heteroatoms. The van der Waals surface area contributed by atoms with E-state index in [-0.39, 0.29) is 5.82 Å². The van der Waals surface area contributed by atoms with Crippen molar-refractivity contribution >= 4 is 0 Å². The van der Waals surface area contributed by atoms with E-state index in [0.29, 0.717) is 6.54 Å². The molecule has 0 aliphatic carbocycles. The molecule has 0 aromatic heterocycles. The Morgan fingerprint density at radius 3 is 2.76 bits per heavy atom. The molecule has 3 nitrogen and oxygen atoms in total. The van der Waals surface area contributed by atoms with E-state index in [0.717, 1.165) is 44.8 Å². The number of hydrogen-bond donors (Lipinski definition) is 2. The predicted molar refractivity (Wildman–Crippen MR) is 67.4 cm³/mol. The fourth-order valence-electron chi connectivity index (χ4n) is 2.04. The summed E-state index contributed by atoms with van der Waals surface area (Å²) in [6.45, 7) is 6.94. The Balaban J connectivity index is 1.64. The SMILES string of the molecule is Fc1ccccc1CNCCN1CCNCC1. The van der Waals surface area contributed by atoms with Gasteiger partial charge in [-0.05, 0) is 6.07 Å². The average Bonchev–Trinajstić information content (AvgIpc) is 2.38. The van der Waals surface area contributed by atoms with Crippen molar-refractivity contribution in [3.63, 3.8) is 0 Å². The van der Waals surface area contributed by atoms with Gasteiger partial charge in [0.15, 0.2) is 0 Å². The van der Waals surface area contributed by atoms with E-state index in [1.165, 1.54) is 6.07 Å². The molecule has 0 atom stereocenters. The molecule has 0 spiro atoms. The first-order valence-electron chi connectivity index (χ1n) is 6.23. The molecule has 2 N–H and O–H groups in total. The maximum absolute atomic E-state index is 13.3. The van der Waals surface area contributed by atoms with E-state index in [4.69, 9.17) is 0 Å². The monoisotopic (exact) mass is 237 g/mol. The summed E-state index contributed by atoms with van der Waals surface area (Å²) in [6, 6.07) is 6.93. The second kappa shape index (κ2) is 6.69. The highest BCUT2D eigenvalue weighted by molar-refractivity contribution is 5.16. The first kappa shape index (κ1) is 12.5. The molecule has 1 aliphatic rings. The summed E-state index contributed by atoms with van der Waals surface area (Å²) in [5.41, 5.74) is 0.743. The lowest BCUT2D eigenvalue weighted by atomic mass is 10.2. The molecule has 1 saturated heterocycles. The van der Waals surface area contributed by atoms with Crippen molar-refractivity contribution in [1.82, 2.24) is 15.5 Å². The van der Waals surface area contributed by atoms with Gasteiger partial charge in [0, 0.05) is 51.4 Å². The Morgan fingerprint density at radius 1 is 1.24 bits per heavy atom. The minimum absolute atomic E-state index is 0.123. The average molecular weight is 237 g/mol. The molecule has 2 rings (SSSR count). The molecule has 0 unspecified atom stereocenters. The summed E-state index contributed by atoms with van der Waals surface area (Å²) in [5.74, 6) is -0.123. The van der Waals surface area contributed by atoms with Crippen molar-refractivity contribution in [3.8, 4) is 0 Å². The third kappa shape index (κ3) is 4.07. The zero-order chi connectivity index (χ0) is 11.9. The highest BCUT2D eigenvalue weighted by atomic mass is 19.1. The molecule has 1 aromatic carbocycles. The summed E-state index contributed by atoms with van der Waals surface area (Å²) in [6.07, 6.45) is 0. The van der Waals surface area contributed by atoms with Crippen molar-refractivity contribution in [2.75, 3.05) is 39.3 Å². The highest BCUT2D eigenvalue weighted by Crippen LogP contribution is 2.05. The molecule has 1 aliphatic heterocycles. The minimum atomic E-state index is -0.123. The third-order valence-electron chi connectivity index (χ3n) is 3.09. The zero-order valence-electron chi connectivity index (χ0n) is 10.1. The molecule has 1 heterocycles. The van der Waals surface area contributed by atoms with Gasteiger partial charge in [0.25, 0.3) is 0 Å². The van der Waals surface area contributed by atoms with E-state index in [1.807, 2.05) is 12.1 Å². The van der Waals surface area contributed by atoms with Crippen LogP contribution in [0, 0.1) is 5.82 Å². The molecule has 17 heavy (non-hydrogen) atoms. The van der Waals surface area contributed by atoms with E-state index in [2.05, 4.69) is 15.5 Å². The Morgan fingerprint density at radius 2 is 2.00 bits per heavy atom. The number of rotatable bonds is 5. The lowest BCUT2D eigenvalue weighted by Crippen LogP contribution is -2.45. The van der Waals surface area contributed by atoms with Crippen LogP contribution in [0.2, 0.25) is 0 Å². The summed E-state index contributed by atoms with van der Waals surface area (Å²) < 4.78 is 13.3. The smallest absolute Gasteiger partial charge is 0.127 e. The summed E-state index contributed by atoms with van der Waals surface area (Å²) in [5, 5.41) is 6.61. The summed E-state index contributed by atoms with van der Waals surface area (Å²) in [4.78, 5) is 2.42. The number of hydrogen-bond acceptors (Lipinski definition) is 3. The van der Waals surface area contributed by atoms with Crippen LogP contribution in [0.5, 0.6) is 0 Å². The lowest BCUT2D eigenvalue weighted by molar-refractivity contribution is 0.241. The van der Waals surface area contributed by atoms with Gasteiger partial charge >= 0.3 is 0 Å². The van der Waals surface area contributed by atoms with Gasteiger partial charge in [0.2, 0.25) is 0 Å². The van der Waals surface area contributed by atoms with Crippen molar-refractivity contribution in [2.45, 2.75) is 6.54 Å². The van der Waals surface area contributed by atoms with Crippen LogP contribution in [0.3, 0.4) is 0 Å². The second-order valence-electron chi connectivity index (χ2n) is 4.36. The van der Waals surface area contributed by atoms with E-state index < -0.39 is 0 Å². The van der Waals surface area contributed by atoms with Gasteiger partial charge in [0.05, 0.1) is 0 Å². The number of benzene rings is 1. The topological polar surface area (TPSA) is 27.3 Å². The first-order valence-corrected chi connectivity index (χ1v) is 6.23. The van der Waals surface area contributed by atoms with E-state index in [1.54, 1.807) is 6.07 Å². The van der Waals surface area contributed by atoms with Gasteiger partial charge in [0.1, 0.15) is 5.82 Å². The maximum atomic E-state index is 13.3. The van der Waals surface area contributed by atoms with Crippen molar-refractivity contribution < 1.29 is 4.39 Å². The van der Waals surface area contributed by atoms with E-state index in [9.17, 15) is 4.39 Å². The largest absolute Gasteiger partial charge is 0.314 e. The van der Waals surface area contributed by atoms with Gasteiger partial charge in [-0.15, -0.1) is 0 Å². The first-order chi connectivity index (χ1) is 8.36. The summed E-state index contributed by atoms with van der Waals surface area (Å²) >= 11 is 0. The fourth-order valence-corrected chi connectivity index (χ4v) is 2.04. The quantitative estimate of drug-likeness (QED) is 0.743. The minimum Gasteiger partial charge on any atom is -0.314 e. The zero-order valence-corrected chi connectivity index (χ0v) is 10.1. The molecule has 0 bridgehead atoms. The number of nitrogens with zero attached hydrogens (tertiary/aromatic N) is 1. The molecule has 1 aromatic rings. The van der Waals surface area contributed by atoms with Crippen molar-refractivity contribution in [2.24, 2.45) is 0 Å². The molecular weight excluding hydrogens is 217 g/mol. The molecule has 1 fully saturated rings. The summed E-state index contributed by atoms with van der Waals surface area (Å²) in [7, 11) is 0. The van der Waals surface area contributed by atoms with Crippen molar-refractivity contribution in [3.05, 3.63) is 35.6 Å². The van der Waals surface area contributed by atoms with Crippen LogP contribution in [0.1, 0.15) is 5.56 Å². The number of piperazine rings is 1. The number of halogens is 1. The van der Waals surface area contributed by atoms with Crippen LogP contribution < -0.4 is 10.6 Å². The molecule has 0 radical (unpaired) electrons. The van der Waals surface area contributed by atoms with Crippen LogP contribution >= 0.6 is 0 Å². The van der Waals surface area contributed by atoms with Crippen LogP contribution in [-0.4, -0.2) is 44.2 Å². The molecule has 0 amide bonds.